The molecule has 0 bridgehead atoms. The Morgan fingerprint density at radius 1 is 1.00 bits per heavy atom. The Labute approximate surface area is 146 Å². The highest BCUT2D eigenvalue weighted by atomic mass is 35.5. The Morgan fingerprint density at radius 3 is 2.19 bits per heavy atom. The molecule has 1 aromatic carbocycles. The fraction of sp³-hybridized carbons (Fsp3) is 0.214. The number of aryl methyl sites for hydroxylation is 1. The quantitative estimate of drug-likeness (QED) is 0.620. The maximum Gasteiger partial charge on any atom is 0.451 e. The molecule has 5 nitrogen and oxygen atoms in total. The molecule has 0 spiro atoms. The Kier molecular flexibility index (Phi) is 4.02. The number of nitrogens with zero attached hydrogens (tertiary/aromatic N) is 4. The van der Waals surface area contributed by atoms with Gasteiger partial charge in [0, 0.05) is 5.02 Å². The normalized spacial score (nSPS) is 12.8. The van der Waals surface area contributed by atoms with Gasteiger partial charge in [-0.25, -0.2) is 14.6 Å². The van der Waals surface area contributed by atoms with Crippen molar-refractivity contribution in [1.29, 1.82) is 0 Å². The van der Waals surface area contributed by atoms with Crippen molar-refractivity contribution in [2.75, 3.05) is 5.73 Å². The summed E-state index contributed by atoms with van der Waals surface area (Å²) in [5, 5.41) is 3.13. The molecule has 0 aliphatic rings. The molecule has 12 heteroatoms. The number of hydrogen-bond donors (Lipinski definition) is 1. The average molecular weight is 396 g/mol. The summed E-state index contributed by atoms with van der Waals surface area (Å²) in [7, 11) is 0. The molecular weight excluding hydrogens is 388 g/mol. The second kappa shape index (κ2) is 5.73. The standard InChI is InChI=1S/C14H8ClF6N5/c1-5-2-6(15)4-7(3-5)26-10(22)8-9(13(16,17)18)23-12(14(19,20)21)24-11(8)25-26/h2-4H,22H2,1H3. The summed E-state index contributed by atoms with van der Waals surface area (Å²) in [6, 6.07) is 4.43. The zero-order chi connectivity index (χ0) is 19.4. The average Bonchev–Trinajstić information content (AvgIpc) is 2.81. The van der Waals surface area contributed by atoms with Gasteiger partial charge >= 0.3 is 12.4 Å². The van der Waals surface area contributed by atoms with Crippen LogP contribution >= 0.6 is 11.6 Å². The molecule has 2 N–H and O–H groups in total. The molecular formula is C14H8ClF6N5. The van der Waals surface area contributed by atoms with Crippen LogP contribution in [-0.4, -0.2) is 19.7 Å². The number of aromatic nitrogens is 4. The molecule has 2 aromatic heterocycles. The van der Waals surface area contributed by atoms with Crippen molar-refractivity contribution in [3.63, 3.8) is 0 Å². The third-order valence-corrected chi connectivity index (χ3v) is 3.58. The molecule has 0 aliphatic heterocycles. The zero-order valence-electron chi connectivity index (χ0n) is 12.7. The number of benzene rings is 1. The van der Waals surface area contributed by atoms with E-state index in [0.717, 1.165) is 4.68 Å². The number of hydrogen-bond acceptors (Lipinski definition) is 4. The van der Waals surface area contributed by atoms with Gasteiger partial charge in [-0.3, -0.25) is 0 Å². The van der Waals surface area contributed by atoms with Crippen LogP contribution in [0, 0.1) is 6.92 Å². The summed E-state index contributed by atoms with van der Waals surface area (Å²) in [5.74, 6) is -2.51. The van der Waals surface area contributed by atoms with E-state index in [4.69, 9.17) is 17.3 Å². The van der Waals surface area contributed by atoms with Crippen molar-refractivity contribution >= 4 is 28.5 Å². The molecule has 0 saturated heterocycles. The maximum atomic E-state index is 13.2. The smallest absolute Gasteiger partial charge is 0.383 e. The number of alkyl halides is 6. The van der Waals surface area contributed by atoms with Crippen molar-refractivity contribution in [2.24, 2.45) is 0 Å². The molecule has 0 atom stereocenters. The van der Waals surface area contributed by atoms with Crippen LogP contribution in [-0.2, 0) is 12.4 Å². The summed E-state index contributed by atoms with van der Waals surface area (Å²) in [6.07, 6.45) is -10.4. The number of halogens is 7. The summed E-state index contributed by atoms with van der Waals surface area (Å²) in [4.78, 5) is 5.72. The van der Waals surface area contributed by atoms with Gasteiger partial charge in [0.05, 0.1) is 11.1 Å². The first-order valence-electron chi connectivity index (χ1n) is 6.86. The third kappa shape index (κ3) is 3.14. The van der Waals surface area contributed by atoms with E-state index in [1.807, 2.05) is 0 Å². The fourth-order valence-electron chi connectivity index (χ4n) is 2.38. The van der Waals surface area contributed by atoms with Crippen molar-refractivity contribution in [1.82, 2.24) is 19.7 Å². The summed E-state index contributed by atoms with van der Waals surface area (Å²) in [5.41, 5.74) is 3.91. The molecule has 0 radical (unpaired) electrons. The van der Waals surface area contributed by atoms with Crippen LogP contribution < -0.4 is 5.73 Å². The van der Waals surface area contributed by atoms with Crippen molar-refractivity contribution in [2.45, 2.75) is 19.3 Å². The Hall–Kier alpha value is -2.56. The molecule has 0 saturated carbocycles. The van der Waals surface area contributed by atoms with Gasteiger partial charge < -0.3 is 5.73 Å². The molecule has 0 fully saturated rings. The zero-order valence-corrected chi connectivity index (χ0v) is 13.5. The summed E-state index contributed by atoms with van der Waals surface area (Å²) in [6.45, 7) is 1.66. The maximum absolute atomic E-state index is 13.2. The van der Waals surface area contributed by atoms with Gasteiger partial charge in [0.25, 0.3) is 0 Å². The highest BCUT2D eigenvalue weighted by molar-refractivity contribution is 6.30. The van der Waals surface area contributed by atoms with Crippen LogP contribution in [0.15, 0.2) is 18.2 Å². The molecule has 2 heterocycles. The predicted molar refractivity (Wildman–Crippen MR) is 80.8 cm³/mol. The summed E-state index contributed by atoms with van der Waals surface area (Å²) >= 11 is 5.90. The molecule has 0 aliphatic carbocycles. The lowest BCUT2D eigenvalue weighted by Gasteiger charge is -2.10. The van der Waals surface area contributed by atoms with Gasteiger partial charge in [-0.1, -0.05) is 11.6 Å². The summed E-state index contributed by atoms with van der Waals surface area (Å²) < 4.78 is 79.1. The van der Waals surface area contributed by atoms with Gasteiger partial charge in [0.15, 0.2) is 11.3 Å². The minimum atomic E-state index is -5.19. The number of rotatable bonds is 1. The lowest BCUT2D eigenvalue weighted by molar-refractivity contribution is -0.151. The molecule has 0 unspecified atom stereocenters. The van der Waals surface area contributed by atoms with E-state index in [-0.39, 0.29) is 10.7 Å². The highest BCUT2D eigenvalue weighted by Crippen LogP contribution is 2.38. The van der Waals surface area contributed by atoms with Crippen LogP contribution in [0.25, 0.3) is 16.7 Å². The first kappa shape index (κ1) is 18.2. The van der Waals surface area contributed by atoms with Gasteiger partial charge in [0.1, 0.15) is 5.82 Å². The molecule has 3 rings (SSSR count). The fourth-order valence-corrected chi connectivity index (χ4v) is 2.66. The van der Waals surface area contributed by atoms with Crippen LogP contribution in [0.2, 0.25) is 5.02 Å². The van der Waals surface area contributed by atoms with Gasteiger partial charge in [-0.2, -0.15) is 26.3 Å². The van der Waals surface area contributed by atoms with Gasteiger partial charge in [-0.05, 0) is 30.7 Å². The predicted octanol–water partition coefficient (Wildman–Crippen LogP) is 4.40. The number of fused-ring (bicyclic) bond motifs is 1. The monoisotopic (exact) mass is 395 g/mol. The van der Waals surface area contributed by atoms with Crippen molar-refractivity contribution in [3.05, 3.63) is 40.3 Å². The van der Waals surface area contributed by atoms with Gasteiger partial charge in [0.2, 0.25) is 5.82 Å². The first-order chi connectivity index (χ1) is 11.9. The first-order valence-corrected chi connectivity index (χ1v) is 7.24. The largest absolute Gasteiger partial charge is 0.451 e. The lowest BCUT2D eigenvalue weighted by Crippen LogP contribution is -2.17. The van der Waals surface area contributed by atoms with E-state index in [1.54, 1.807) is 13.0 Å². The van der Waals surface area contributed by atoms with Crippen LogP contribution in [0.1, 0.15) is 17.1 Å². The molecule has 26 heavy (non-hydrogen) atoms. The molecule has 138 valence electrons. The molecule has 0 amide bonds. The highest BCUT2D eigenvalue weighted by Gasteiger charge is 2.43. The second-order valence-electron chi connectivity index (χ2n) is 5.37. The van der Waals surface area contributed by atoms with E-state index >= 15 is 0 Å². The van der Waals surface area contributed by atoms with Crippen LogP contribution in [0.3, 0.4) is 0 Å². The van der Waals surface area contributed by atoms with E-state index in [0.29, 0.717) is 5.56 Å². The Balaban J connectivity index is 2.37. The topological polar surface area (TPSA) is 69.6 Å². The SMILES string of the molecule is Cc1cc(Cl)cc(-n2nc3nc(C(F)(F)F)nc(C(F)(F)F)c3c2N)c1. The Bertz CT molecular complexity index is 987. The van der Waals surface area contributed by atoms with E-state index in [2.05, 4.69) is 15.1 Å². The number of anilines is 1. The minimum absolute atomic E-state index is 0.173. The van der Waals surface area contributed by atoms with E-state index in [9.17, 15) is 26.3 Å². The van der Waals surface area contributed by atoms with Crippen molar-refractivity contribution in [3.8, 4) is 5.69 Å². The lowest BCUT2D eigenvalue weighted by atomic mass is 10.2. The number of nitrogens with two attached hydrogens (primary N) is 1. The second-order valence-corrected chi connectivity index (χ2v) is 5.81. The number of nitrogen functional groups attached to an aromatic ring is 1. The third-order valence-electron chi connectivity index (χ3n) is 3.36. The Morgan fingerprint density at radius 2 is 1.65 bits per heavy atom. The van der Waals surface area contributed by atoms with E-state index in [1.165, 1.54) is 12.1 Å². The minimum Gasteiger partial charge on any atom is -0.383 e. The van der Waals surface area contributed by atoms with Crippen LogP contribution in [0.4, 0.5) is 32.2 Å². The van der Waals surface area contributed by atoms with E-state index < -0.39 is 40.7 Å². The van der Waals surface area contributed by atoms with Crippen molar-refractivity contribution < 1.29 is 26.3 Å². The van der Waals surface area contributed by atoms with Gasteiger partial charge in [-0.15, -0.1) is 5.10 Å². The molecule has 3 aromatic rings. The van der Waals surface area contributed by atoms with Crippen LogP contribution in [0.5, 0.6) is 0 Å².